The van der Waals surface area contributed by atoms with Gasteiger partial charge in [-0.15, -0.1) is 0 Å². The molecule has 43 heavy (non-hydrogen) atoms. The highest BCUT2D eigenvalue weighted by Crippen LogP contribution is 2.33. The van der Waals surface area contributed by atoms with Crippen LogP contribution in [0, 0.1) is 17.5 Å². The molecule has 2 fully saturated rings. The molecule has 1 heterocycles. The number of rotatable bonds is 10. The first kappa shape index (κ1) is 30.8. The van der Waals surface area contributed by atoms with E-state index >= 15 is 4.39 Å². The lowest BCUT2D eigenvalue weighted by atomic mass is 9.84. The van der Waals surface area contributed by atoms with Crippen molar-refractivity contribution < 1.29 is 27.5 Å². The Morgan fingerprint density at radius 1 is 1.05 bits per heavy atom. The summed E-state index contributed by atoms with van der Waals surface area (Å²) in [7, 11) is 1.14. The summed E-state index contributed by atoms with van der Waals surface area (Å²) in [6.45, 7) is 2.68. The highest BCUT2D eigenvalue weighted by atomic mass is 35.5. The third kappa shape index (κ3) is 7.68. The van der Waals surface area contributed by atoms with Crippen LogP contribution in [-0.4, -0.2) is 61.8 Å². The molecule has 3 N–H and O–H groups in total. The van der Waals surface area contributed by atoms with Gasteiger partial charge in [0.15, 0.2) is 0 Å². The number of hydrogen-bond donors (Lipinski definition) is 3. The lowest BCUT2D eigenvalue weighted by Gasteiger charge is -2.36. The molecule has 0 radical (unpaired) electrons. The SMILES string of the molecule is COC(=O)N[C@H](C(=O)Nc1cccc(F)c1CC[C@H]1CNCCN1C1CC1)[C@@H](c1ccc(Cl)cc1)c1cc(F)cc(F)c1. The summed E-state index contributed by atoms with van der Waals surface area (Å²) in [6.07, 6.45) is 2.49. The molecule has 1 aliphatic heterocycles. The number of ether oxygens (including phenoxy) is 1. The van der Waals surface area contributed by atoms with E-state index in [9.17, 15) is 18.4 Å². The number of alkyl carbamates (subject to hydrolysis) is 1. The number of halogens is 4. The molecule has 3 aromatic carbocycles. The fourth-order valence-electron chi connectivity index (χ4n) is 5.87. The van der Waals surface area contributed by atoms with Crippen LogP contribution in [0.15, 0.2) is 60.7 Å². The summed E-state index contributed by atoms with van der Waals surface area (Å²) in [6, 6.07) is 13.1. The molecule has 2 aliphatic rings. The van der Waals surface area contributed by atoms with Crippen molar-refractivity contribution in [3.8, 4) is 0 Å². The second kappa shape index (κ2) is 13.8. The maximum atomic E-state index is 15.2. The smallest absolute Gasteiger partial charge is 0.407 e. The van der Waals surface area contributed by atoms with E-state index in [-0.39, 0.29) is 17.3 Å². The van der Waals surface area contributed by atoms with Crippen LogP contribution < -0.4 is 16.0 Å². The van der Waals surface area contributed by atoms with Crippen LogP contribution in [-0.2, 0) is 16.0 Å². The molecule has 1 saturated carbocycles. The first-order chi connectivity index (χ1) is 20.7. The number of carbonyl (C=O) groups is 2. The zero-order valence-electron chi connectivity index (χ0n) is 23.7. The van der Waals surface area contributed by atoms with Crippen molar-refractivity contribution in [1.82, 2.24) is 15.5 Å². The molecule has 1 saturated heterocycles. The largest absolute Gasteiger partial charge is 0.453 e. The van der Waals surface area contributed by atoms with Gasteiger partial charge in [-0.3, -0.25) is 9.69 Å². The number of hydrogen-bond acceptors (Lipinski definition) is 5. The normalized spacial score (nSPS) is 18.5. The van der Waals surface area contributed by atoms with Crippen LogP contribution in [0.4, 0.5) is 23.7 Å². The molecule has 2 amide bonds. The Labute approximate surface area is 253 Å². The van der Waals surface area contributed by atoms with Crippen LogP contribution in [0.25, 0.3) is 0 Å². The fraction of sp³-hybridized carbons (Fsp3) is 0.375. The Kier molecular flexibility index (Phi) is 9.90. The maximum absolute atomic E-state index is 15.2. The third-order valence-corrected chi connectivity index (χ3v) is 8.32. The average Bonchev–Trinajstić information content (AvgIpc) is 3.83. The van der Waals surface area contributed by atoms with Crippen LogP contribution in [0.2, 0.25) is 5.02 Å². The Hall–Kier alpha value is -3.60. The van der Waals surface area contributed by atoms with Crippen molar-refractivity contribution >= 4 is 29.3 Å². The number of nitrogens with zero attached hydrogens (tertiary/aromatic N) is 1. The van der Waals surface area contributed by atoms with Gasteiger partial charge < -0.3 is 20.7 Å². The standard InChI is InChI=1S/C32H34ClF3N4O3/c1-43-32(42)39-30(29(19-5-7-21(33)8-6-19)20-15-22(34)17-23(35)16-20)31(41)38-28-4-2-3-27(36)26(28)12-11-25-18-37-13-14-40(25)24-9-10-24/h2-8,15-17,24-25,29-30,37H,9-14,18H2,1H3,(H,38,41)(H,39,42)/t25-,29-,30-/m0/s1. The van der Waals surface area contributed by atoms with Crippen molar-refractivity contribution in [2.45, 2.75) is 49.7 Å². The molecule has 228 valence electrons. The summed E-state index contributed by atoms with van der Waals surface area (Å²) in [5.41, 5.74) is 1.15. The minimum absolute atomic E-state index is 0.0980. The Morgan fingerprint density at radius 2 is 1.77 bits per heavy atom. The van der Waals surface area contributed by atoms with Crippen molar-refractivity contribution in [2.24, 2.45) is 0 Å². The van der Waals surface area contributed by atoms with Crippen LogP contribution in [0.3, 0.4) is 0 Å². The first-order valence-electron chi connectivity index (χ1n) is 14.3. The lowest BCUT2D eigenvalue weighted by molar-refractivity contribution is -0.118. The highest BCUT2D eigenvalue weighted by molar-refractivity contribution is 6.30. The number of carbonyl (C=O) groups excluding carboxylic acids is 2. The summed E-state index contributed by atoms with van der Waals surface area (Å²) < 4.78 is 48.8. The van der Waals surface area contributed by atoms with Gasteiger partial charge in [-0.25, -0.2) is 18.0 Å². The van der Waals surface area contributed by atoms with Crippen molar-refractivity contribution in [3.63, 3.8) is 0 Å². The molecule has 3 aromatic rings. The second-order valence-electron chi connectivity index (χ2n) is 11.0. The predicted octanol–water partition coefficient (Wildman–Crippen LogP) is 5.62. The number of anilines is 1. The van der Waals surface area contributed by atoms with Gasteiger partial charge in [0, 0.05) is 60.0 Å². The molecule has 0 unspecified atom stereocenters. The predicted molar refractivity (Wildman–Crippen MR) is 159 cm³/mol. The summed E-state index contributed by atoms with van der Waals surface area (Å²) in [5, 5.41) is 9.13. The number of piperazine rings is 1. The van der Waals surface area contributed by atoms with Gasteiger partial charge in [0.1, 0.15) is 23.5 Å². The lowest BCUT2D eigenvalue weighted by Crippen LogP contribution is -2.52. The molecule has 3 atom stereocenters. The van der Waals surface area contributed by atoms with Gasteiger partial charge in [-0.2, -0.15) is 0 Å². The van der Waals surface area contributed by atoms with Gasteiger partial charge in [0.05, 0.1) is 7.11 Å². The summed E-state index contributed by atoms with van der Waals surface area (Å²) in [5.74, 6) is -3.94. The minimum Gasteiger partial charge on any atom is -0.453 e. The molecule has 5 rings (SSSR count). The Morgan fingerprint density at radius 3 is 2.44 bits per heavy atom. The van der Waals surface area contributed by atoms with E-state index in [1.54, 1.807) is 30.3 Å². The average molecular weight is 615 g/mol. The van der Waals surface area contributed by atoms with E-state index in [2.05, 4.69) is 20.9 Å². The highest BCUT2D eigenvalue weighted by Gasteiger charge is 2.36. The molecular weight excluding hydrogens is 581 g/mol. The Bertz CT molecular complexity index is 1430. The van der Waals surface area contributed by atoms with Crippen molar-refractivity contribution in [1.29, 1.82) is 0 Å². The van der Waals surface area contributed by atoms with E-state index in [0.717, 1.165) is 44.9 Å². The summed E-state index contributed by atoms with van der Waals surface area (Å²) in [4.78, 5) is 28.9. The van der Waals surface area contributed by atoms with E-state index in [0.29, 0.717) is 35.0 Å². The molecule has 11 heteroatoms. The maximum Gasteiger partial charge on any atom is 0.407 e. The second-order valence-corrected chi connectivity index (χ2v) is 11.4. The van der Waals surface area contributed by atoms with Crippen LogP contribution in [0.1, 0.15) is 41.9 Å². The number of amides is 2. The quantitative estimate of drug-likeness (QED) is 0.276. The van der Waals surface area contributed by atoms with Crippen molar-refractivity contribution in [2.75, 3.05) is 32.1 Å². The van der Waals surface area contributed by atoms with Gasteiger partial charge in [0.25, 0.3) is 0 Å². The van der Waals surface area contributed by atoms with E-state index < -0.39 is 41.4 Å². The van der Waals surface area contributed by atoms with Crippen molar-refractivity contribution in [3.05, 3.63) is 99.8 Å². The van der Waals surface area contributed by atoms with Gasteiger partial charge >= 0.3 is 6.09 Å². The molecule has 0 spiro atoms. The van der Waals surface area contributed by atoms with E-state index in [1.807, 2.05) is 0 Å². The zero-order chi connectivity index (χ0) is 30.5. The van der Waals surface area contributed by atoms with Gasteiger partial charge in [0.2, 0.25) is 5.91 Å². The number of benzene rings is 3. The van der Waals surface area contributed by atoms with Crippen LogP contribution >= 0.6 is 11.6 Å². The number of methoxy groups -OCH3 is 1. The molecule has 1 aliphatic carbocycles. The minimum atomic E-state index is -1.40. The molecule has 0 bridgehead atoms. The van der Waals surface area contributed by atoms with Gasteiger partial charge in [-0.05, 0) is 73.2 Å². The fourth-order valence-corrected chi connectivity index (χ4v) is 6.00. The summed E-state index contributed by atoms with van der Waals surface area (Å²) >= 11 is 6.09. The Balaban J connectivity index is 1.46. The first-order valence-corrected chi connectivity index (χ1v) is 14.7. The third-order valence-electron chi connectivity index (χ3n) is 8.06. The van der Waals surface area contributed by atoms with E-state index in [4.69, 9.17) is 16.3 Å². The van der Waals surface area contributed by atoms with E-state index in [1.165, 1.54) is 25.0 Å². The molecular formula is C32H34ClF3N4O3. The topological polar surface area (TPSA) is 82.7 Å². The van der Waals surface area contributed by atoms with Crippen LogP contribution in [0.5, 0.6) is 0 Å². The monoisotopic (exact) mass is 614 g/mol. The molecule has 7 nitrogen and oxygen atoms in total. The molecule has 0 aromatic heterocycles. The van der Waals surface area contributed by atoms with Gasteiger partial charge in [-0.1, -0.05) is 29.8 Å². The zero-order valence-corrected chi connectivity index (χ0v) is 24.5. The number of nitrogens with one attached hydrogen (secondary N) is 3.